The van der Waals surface area contributed by atoms with Crippen molar-refractivity contribution in [2.45, 2.75) is 58.3 Å². The average Bonchev–Trinajstić information content (AvgIpc) is 2.21. The topological polar surface area (TPSA) is 0 Å². The van der Waals surface area contributed by atoms with Crippen molar-refractivity contribution in [1.82, 2.24) is 0 Å². The minimum absolute atomic E-state index is 1.07. The molecule has 0 saturated heterocycles. The molecule has 0 nitrogen and oxygen atoms in total. The Balaban J connectivity index is 3.15. The van der Waals surface area contributed by atoms with Crippen LogP contribution in [-0.2, 0) is 0 Å². The van der Waals surface area contributed by atoms with Crippen LogP contribution in [0.3, 0.4) is 0 Å². The first-order valence-electron chi connectivity index (χ1n) is 6.02. The predicted octanol–water partition coefficient (Wildman–Crippen LogP) is 5.07. The van der Waals surface area contributed by atoms with Crippen LogP contribution in [0.25, 0.3) is 0 Å². The molecule has 0 aliphatic rings. The first-order valence-corrected chi connectivity index (χ1v) is 6.02. The lowest BCUT2D eigenvalue weighted by atomic mass is 10.2. The van der Waals surface area contributed by atoms with Crippen molar-refractivity contribution < 1.29 is 0 Å². The van der Waals surface area contributed by atoms with E-state index in [4.69, 9.17) is 0 Å². The van der Waals surface area contributed by atoms with Gasteiger partial charge in [-0.3, -0.25) is 0 Å². The molecule has 0 aromatic heterocycles. The number of allylic oxidation sites excluding steroid dienone is 4. The summed E-state index contributed by atoms with van der Waals surface area (Å²) in [5.74, 6) is 0. The van der Waals surface area contributed by atoms with E-state index < -0.39 is 0 Å². The van der Waals surface area contributed by atoms with Crippen molar-refractivity contribution in [3.05, 3.63) is 31.2 Å². The molecule has 0 atom stereocenters. The van der Waals surface area contributed by atoms with Crippen molar-refractivity contribution in [2.75, 3.05) is 0 Å². The van der Waals surface area contributed by atoms with E-state index in [2.05, 4.69) is 38.2 Å². The highest BCUT2D eigenvalue weighted by Crippen LogP contribution is 2.01. The van der Waals surface area contributed by atoms with Gasteiger partial charge in [0.2, 0.25) is 0 Å². The summed E-state index contributed by atoms with van der Waals surface area (Å²) in [4.78, 5) is 0. The van der Waals surface area contributed by atoms with Gasteiger partial charge in [-0.1, -0.05) is 63.8 Å². The normalized spacial score (nSPS) is 11.9. The van der Waals surface area contributed by atoms with Crippen LogP contribution in [0.15, 0.2) is 24.3 Å². The number of unbranched alkanes of at least 4 members (excludes halogenated alkanes) is 6. The maximum Gasteiger partial charge on any atom is -0.0348 e. The molecular weight excluding hydrogens is 168 g/mol. The van der Waals surface area contributed by atoms with Gasteiger partial charge in [-0.15, -0.1) is 0 Å². The summed E-state index contributed by atoms with van der Waals surface area (Å²) in [5.41, 5.74) is 0. The third kappa shape index (κ3) is 11.5. The zero-order chi connectivity index (χ0) is 10.5. The van der Waals surface area contributed by atoms with Gasteiger partial charge in [-0.2, -0.15) is 0 Å². The third-order valence-electron chi connectivity index (χ3n) is 2.23. The van der Waals surface area contributed by atoms with Crippen molar-refractivity contribution in [3.63, 3.8) is 0 Å². The molecule has 14 heavy (non-hydrogen) atoms. The molecule has 0 saturated carbocycles. The van der Waals surface area contributed by atoms with Crippen LogP contribution >= 0.6 is 0 Å². The smallest absolute Gasteiger partial charge is 0.0348 e. The van der Waals surface area contributed by atoms with Gasteiger partial charge in [-0.25, -0.2) is 0 Å². The quantitative estimate of drug-likeness (QED) is 0.354. The number of rotatable bonds is 9. The summed E-state index contributed by atoms with van der Waals surface area (Å²) >= 11 is 0. The van der Waals surface area contributed by atoms with Gasteiger partial charge in [0.25, 0.3) is 0 Å². The van der Waals surface area contributed by atoms with E-state index in [1.165, 1.54) is 44.9 Å². The zero-order valence-corrected chi connectivity index (χ0v) is 9.67. The summed E-state index contributed by atoms with van der Waals surface area (Å²) in [6.07, 6.45) is 18.9. The second kappa shape index (κ2) is 12.5. The fourth-order valence-corrected chi connectivity index (χ4v) is 1.30. The lowest BCUT2D eigenvalue weighted by molar-refractivity contribution is 0.729. The molecular formula is C14H25. The highest BCUT2D eigenvalue weighted by atomic mass is 13.9. The van der Waals surface area contributed by atoms with Gasteiger partial charge >= 0.3 is 0 Å². The molecule has 0 bridgehead atoms. The Labute approximate surface area is 90.1 Å². The molecule has 0 fully saturated rings. The van der Waals surface area contributed by atoms with Gasteiger partial charge in [0, 0.05) is 0 Å². The average molecular weight is 193 g/mol. The van der Waals surface area contributed by atoms with Crippen LogP contribution in [0.4, 0.5) is 0 Å². The molecule has 0 aromatic rings. The Bertz CT molecular complexity index is 124. The molecule has 81 valence electrons. The van der Waals surface area contributed by atoms with Crippen LogP contribution in [0, 0.1) is 6.92 Å². The lowest BCUT2D eigenvalue weighted by Gasteiger charge is -1.91. The Morgan fingerprint density at radius 1 is 0.857 bits per heavy atom. The second-order valence-electron chi connectivity index (χ2n) is 3.70. The maximum absolute atomic E-state index is 3.82. The zero-order valence-electron chi connectivity index (χ0n) is 9.67. The fraction of sp³-hybridized carbons (Fsp3) is 0.643. The Morgan fingerprint density at radius 3 is 1.93 bits per heavy atom. The van der Waals surface area contributed by atoms with Gasteiger partial charge in [-0.05, 0) is 25.7 Å². The van der Waals surface area contributed by atoms with E-state index >= 15 is 0 Å². The maximum atomic E-state index is 3.82. The summed E-state index contributed by atoms with van der Waals surface area (Å²) < 4.78 is 0. The second-order valence-corrected chi connectivity index (χ2v) is 3.70. The number of hydrogen-bond donors (Lipinski definition) is 0. The van der Waals surface area contributed by atoms with E-state index in [1.54, 1.807) is 0 Å². The minimum Gasteiger partial charge on any atom is -0.0845 e. The van der Waals surface area contributed by atoms with Gasteiger partial charge in [0.05, 0.1) is 0 Å². The van der Waals surface area contributed by atoms with E-state index in [0.29, 0.717) is 0 Å². The molecule has 0 aliphatic carbocycles. The molecule has 0 rings (SSSR count). The van der Waals surface area contributed by atoms with Crippen LogP contribution < -0.4 is 0 Å². The molecule has 1 radical (unpaired) electrons. The minimum atomic E-state index is 1.07. The largest absolute Gasteiger partial charge is 0.0845 e. The van der Waals surface area contributed by atoms with Crippen LogP contribution in [0.1, 0.15) is 58.3 Å². The highest BCUT2D eigenvalue weighted by Gasteiger charge is 1.81. The summed E-state index contributed by atoms with van der Waals surface area (Å²) in [7, 11) is 0. The first kappa shape index (κ1) is 13.5. The molecule has 0 N–H and O–H groups in total. The molecule has 0 aromatic carbocycles. The summed E-state index contributed by atoms with van der Waals surface area (Å²) in [6.45, 7) is 6.07. The molecule has 0 aliphatic heterocycles. The van der Waals surface area contributed by atoms with Gasteiger partial charge in [0.15, 0.2) is 0 Å². The summed E-state index contributed by atoms with van der Waals surface area (Å²) in [6, 6.07) is 0. The lowest BCUT2D eigenvalue weighted by Crippen LogP contribution is -1.71. The Morgan fingerprint density at radius 2 is 1.43 bits per heavy atom. The SMILES string of the molecule is [CH2]CCCC/C=C/C=C/CCCCC. The van der Waals surface area contributed by atoms with Gasteiger partial charge in [0.1, 0.15) is 0 Å². The van der Waals surface area contributed by atoms with Crippen LogP contribution in [-0.4, -0.2) is 0 Å². The molecule has 0 spiro atoms. The number of hydrogen-bond acceptors (Lipinski definition) is 0. The third-order valence-corrected chi connectivity index (χ3v) is 2.23. The predicted molar refractivity (Wildman–Crippen MR) is 66.2 cm³/mol. The molecule has 0 unspecified atom stereocenters. The summed E-state index contributed by atoms with van der Waals surface area (Å²) in [5, 5.41) is 0. The molecule has 0 heteroatoms. The molecule has 0 heterocycles. The van der Waals surface area contributed by atoms with Crippen molar-refractivity contribution in [2.24, 2.45) is 0 Å². The van der Waals surface area contributed by atoms with Gasteiger partial charge < -0.3 is 0 Å². The van der Waals surface area contributed by atoms with Crippen molar-refractivity contribution in [3.8, 4) is 0 Å². The van der Waals surface area contributed by atoms with Crippen LogP contribution in [0.2, 0.25) is 0 Å². The fourth-order valence-electron chi connectivity index (χ4n) is 1.30. The molecule has 0 amide bonds. The first-order chi connectivity index (χ1) is 6.91. The standard InChI is InChI=1S/C14H25/c1-3-5-7-9-11-13-14-12-10-8-6-4-2/h11-14H,1,3-10H2,2H3/b13-11+,14-12+. The van der Waals surface area contributed by atoms with Crippen molar-refractivity contribution >= 4 is 0 Å². The van der Waals surface area contributed by atoms with E-state index in [0.717, 1.165) is 6.42 Å². The Kier molecular flexibility index (Phi) is 12.0. The van der Waals surface area contributed by atoms with E-state index in [-0.39, 0.29) is 0 Å². The van der Waals surface area contributed by atoms with E-state index in [9.17, 15) is 0 Å². The van der Waals surface area contributed by atoms with Crippen molar-refractivity contribution in [1.29, 1.82) is 0 Å². The highest BCUT2D eigenvalue weighted by molar-refractivity contribution is 5.02. The monoisotopic (exact) mass is 193 g/mol. The Hall–Kier alpha value is -0.520. The van der Waals surface area contributed by atoms with Crippen LogP contribution in [0.5, 0.6) is 0 Å². The van der Waals surface area contributed by atoms with E-state index in [1.807, 2.05) is 0 Å².